The Hall–Kier alpha value is -0.310. The van der Waals surface area contributed by atoms with Crippen LogP contribution < -0.4 is 4.90 Å². The Kier molecular flexibility index (Phi) is 4.75. The highest BCUT2D eigenvalue weighted by Gasteiger charge is 2.18. The van der Waals surface area contributed by atoms with Crippen LogP contribution >= 0.6 is 58.0 Å². The quantitative estimate of drug-likeness (QED) is 0.578. The molecular formula is C13H8Cl5N. The number of nitrogens with zero attached hydrogens (tertiary/aromatic N) is 1. The van der Waals surface area contributed by atoms with Crippen LogP contribution in [0.5, 0.6) is 0 Å². The van der Waals surface area contributed by atoms with Crippen molar-refractivity contribution in [2.75, 3.05) is 11.9 Å². The van der Waals surface area contributed by atoms with Crippen molar-refractivity contribution in [1.29, 1.82) is 0 Å². The Balaban J connectivity index is 2.60. The van der Waals surface area contributed by atoms with E-state index in [9.17, 15) is 0 Å². The third-order valence-electron chi connectivity index (χ3n) is 2.59. The van der Waals surface area contributed by atoms with Gasteiger partial charge < -0.3 is 4.90 Å². The zero-order valence-corrected chi connectivity index (χ0v) is 13.5. The fourth-order valence-electron chi connectivity index (χ4n) is 1.78. The molecule has 0 saturated heterocycles. The third-order valence-corrected chi connectivity index (χ3v) is 3.99. The van der Waals surface area contributed by atoms with E-state index < -0.39 is 0 Å². The first kappa shape index (κ1) is 15.1. The van der Waals surface area contributed by atoms with Gasteiger partial charge in [0.15, 0.2) is 0 Å². The van der Waals surface area contributed by atoms with Gasteiger partial charge in [-0.1, -0.05) is 64.1 Å². The molecule has 0 spiro atoms. The Labute approximate surface area is 136 Å². The minimum atomic E-state index is 0.427. The van der Waals surface area contributed by atoms with Gasteiger partial charge in [0, 0.05) is 12.1 Å². The molecule has 2 aromatic carbocycles. The van der Waals surface area contributed by atoms with Crippen molar-refractivity contribution in [3.05, 3.63) is 55.4 Å². The molecule has 0 heterocycles. The van der Waals surface area contributed by atoms with Crippen LogP contribution in [0.15, 0.2) is 30.3 Å². The summed E-state index contributed by atoms with van der Waals surface area (Å²) < 4.78 is 0. The van der Waals surface area contributed by atoms with Crippen molar-refractivity contribution in [2.45, 2.75) is 0 Å². The van der Waals surface area contributed by atoms with Gasteiger partial charge in [-0.3, -0.25) is 0 Å². The Bertz CT molecular complexity index is 583. The monoisotopic (exact) mass is 353 g/mol. The van der Waals surface area contributed by atoms with Crippen LogP contribution in [0, 0.1) is 0 Å². The van der Waals surface area contributed by atoms with E-state index in [4.69, 9.17) is 58.0 Å². The van der Waals surface area contributed by atoms with E-state index in [0.717, 1.165) is 0 Å². The van der Waals surface area contributed by atoms with Crippen molar-refractivity contribution >= 4 is 69.4 Å². The van der Waals surface area contributed by atoms with E-state index in [1.54, 1.807) is 42.3 Å². The van der Waals surface area contributed by atoms with Crippen LogP contribution in [-0.4, -0.2) is 7.05 Å². The minimum Gasteiger partial charge on any atom is -0.340 e. The van der Waals surface area contributed by atoms with Gasteiger partial charge >= 0.3 is 0 Å². The highest BCUT2D eigenvalue weighted by atomic mass is 35.5. The van der Waals surface area contributed by atoms with Crippen molar-refractivity contribution in [1.82, 2.24) is 0 Å². The maximum atomic E-state index is 6.19. The second-order valence-corrected chi connectivity index (χ2v) is 5.91. The summed E-state index contributed by atoms with van der Waals surface area (Å²) in [6, 6.07) is 8.50. The summed E-state index contributed by atoms with van der Waals surface area (Å²) in [6.45, 7) is 0. The molecule has 0 bridgehead atoms. The second-order valence-electron chi connectivity index (χ2n) is 3.85. The number of halogens is 5. The lowest BCUT2D eigenvalue weighted by Gasteiger charge is -2.24. The lowest BCUT2D eigenvalue weighted by Crippen LogP contribution is -2.11. The standard InChI is InChI=1S/C13H8Cl5N/c1-19(12-8(15)3-2-4-9(12)16)13-10(17)5-7(14)6-11(13)18/h2-6H,1H3. The van der Waals surface area contributed by atoms with Gasteiger partial charge in [0.2, 0.25) is 0 Å². The Morgan fingerprint density at radius 1 is 0.737 bits per heavy atom. The van der Waals surface area contributed by atoms with Gasteiger partial charge in [-0.15, -0.1) is 0 Å². The van der Waals surface area contributed by atoms with Crippen LogP contribution in [0.25, 0.3) is 0 Å². The van der Waals surface area contributed by atoms with Gasteiger partial charge in [0.1, 0.15) is 0 Å². The average molecular weight is 355 g/mol. The maximum Gasteiger partial charge on any atom is 0.0788 e. The molecule has 0 aliphatic carbocycles. The molecule has 0 amide bonds. The van der Waals surface area contributed by atoms with Gasteiger partial charge in [-0.05, 0) is 24.3 Å². The molecule has 1 nitrogen and oxygen atoms in total. The molecule has 0 aromatic heterocycles. The van der Waals surface area contributed by atoms with E-state index in [1.807, 2.05) is 0 Å². The van der Waals surface area contributed by atoms with Gasteiger partial charge in [-0.25, -0.2) is 0 Å². The molecular weight excluding hydrogens is 347 g/mol. The summed E-state index contributed by atoms with van der Waals surface area (Å²) >= 11 is 30.6. The highest BCUT2D eigenvalue weighted by molar-refractivity contribution is 6.43. The predicted molar refractivity (Wildman–Crippen MR) is 86.0 cm³/mol. The Morgan fingerprint density at radius 3 is 1.63 bits per heavy atom. The number of hydrogen-bond donors (Lipinski definition) is 0. The molecule has 100 valence electrons. The highest BCUT2D eigenvalue weighted by Crippen LogP contribution is 2.43. The summed E-state index contributed by atoms with van der Waals surface area (Å²) in [4.78, 5) is 1.74. The van der Waals surface area contributed by atoms with Gasteiger partial charge in [-0.2, -0.15) is 0 Å². The van der Waals surface area contributed by atoms with Crippen molar-refractivity contribution in [3.63, 3.8) is 0 Å². The van der Waals surface area contributed by atoms with E-state index in [2.05, 4.69) is 0 Å². The molecule has 0 aliphatic heterocycles. The SMILES string of the molecule is CN(c1c(Cl)cccc1Cl)c1c(Cl)cc(Cl)cc1Cl. The minimum absolute atomic E-state index is 0.427. The topological polar surface area (TPSA) is 3.24 Å². The summed E-state index contributed by atoms with van der Waals surface area (Å²) in [6.07, 6.45) is 0. The fourth-order valence-corrected chi connectivity index (χ4v) is 3.50. The van der Waals surface area contributed by atoms with Crippen LogP contribution in [0.3, 0.4) is 0 Å². The molecule has 2 rings (SSSR count). The normalized spacial score (nSPS) is 10.6. The van der Waals surface area contributed by atoms with Crippen LogP contribution in [-0.2, 0) is 0 Å². The fraction of sp³-hybridized carbons (Fsp3) is 0.0769. The first-order valence-electron chi connectivity index (χ1n) is 5.24. The number of benzene rings is 2. The molecule has 0 atom stereocenters. The molecule has 6 heteroatoms. The van der Waals surface area contributed by atoms with E-state index in [1.165, 1.54) is 0 Å². The first-order valence-corrected chi connectivity index (χ1v) is 7.13. The smallest absolute Gasteiger partial charge is 0.0788 e. The zero-order chi connectivity index (χ0) is 14.2. The Morgan fingerprint density at radius 2 is 1.16 bits per heavy atom. The molecule has 0 radical (unpaired) electrons. The number of rotatable bonds is 2. The summed E-state index contributed by atoms with van der Waals surface area (Å²) in [5.41, 5.74) is 1.24. The molecule has 0 saturated carbocycles. The lowest BCUT2D eigenvalue weighted by molar-refractivity contribution is 1.21. The van der Waals surface area contributed by atoms with E-state index in [-0.39, 0.29) is 0 Å². The molecule has 19 heavy (non-hydrogen) atoms. The van der Waals surface area contributed by atoms with Gasteiger partial charge in [0.25, 0.3) is 0 Å². The second kappa shape index (κ2) is 5.99. The molecule has 2 aromatic rings. The number of para-hydroxylation sites is 1. The van der Waals surface area contributed by atoms with Crippen LogP contribution in [0.1, 0.15) is 0 Å². The van der Waals surface area contributed by atoms with E-state index in [0.29, 0.717) is 36.5 Å². The summed E-state index contributed by atoms with van der Waals surface area (Å²) in [7, 11) is 1.79. The largest absolute Gasteiger partial charge is 0.340 e. The zero-order valence-electron chi connectivity index (χ0n) is 9.72. The number of anilines is 2. The lowest BCUT2D eigenvalue weighted by atomic mass is 10.2. The molecule has 0 aliphatic rings. The van der Waals surface area contributed by atoms with Crippen molar-refractivity contribution in [2.24, 2.45) is 0 Å². The average Bonchev–Trinajstić information content (AvgIpc) is 2.26. The molecule has 0 N–H and O–H groups in total. The summed E-state index contributed by atoms with van der Waals surface area (Å²) in [5.74, 6) is 0. The van der Waals surface area contributed by atoms with E-state index >= 15 is 0 Å². The third kappa shape index (κ3) is 3.07. The molecule has 0 unspecified atom stereocenters. The van der Waals surface area contributed by atoms with Gasteiger partial charge in [0.05, 0.1) is 31.5 Å². The van der Waals surface area contributed by atoms with Crippen LogP contribution in [0.2, 0.25) is 25.1 Å². The number of hydrogen-bond acceptors (Lipinski definition) is 1. The first-order chi connectivity index (χ1) is 8.91. The predicted octanol–water partition coefficient (Wildman–Crippen LogP) is 6.72. The van der Waals surface area contributed by atoms with Crippen molar-refractivity contribution < 1.29 is 0 Å². The summed E-state index contributed by atoms with van der Waals surface area (Å²) in [5, 5.41) is 2.35. The van der Waals surface area contributed by atoms with Crippen LogP contribution in [0.4, 0.5) is 11.4 Å². The van der Waals surface area contributed by atoms with Crippen molar-refractivity contribution in [3.8, 4) is 0 Å². The molecule has 0 fully saturated rings. The maximum absolute atomic E-state index is 6.19.